The second-order valence-corrected chi connectivity index (χ2v) is 6.62. The first kappa shape index (κ1) is 16.7. The molecular weight excluding hydrogens is 318 g/mol. The van der Waals surface area contributed by atoms with Crippen molar-refractivity contribution < 1.29 is 19.7 Å². The van der Waals surface area contributed by atoms with E-state index in [-0.39, 0.29) is 24.7 Å². The van der Waals surface area contributed by atoms with Crippen molar-refractivity contribution in [3.8, 4) is 5.75 Å². The topological polar surface area (TPSA) is 62.2 Å². The van der Waals surface area contributed by atoms with E-state index in [1.165, 1.54) is 0 Å². The molecule has 3 rings (SSSR count). The molecule has 2 saturated heterocycles. The molecule has 2 aliphatic rings. The van der Waals surface area contributed by atoms with Gasteiger partial charge in [0.2, 0.25) is 0 Å². The van der Waals surface area contributed by atoms with Crippen LogP contribution in [0.4, 0.5) is 0 Å². The van der Waals surface area contributed by atoms with Crippen LogP contribution in [0, 0.1) is 5.92 Å². The van der Waals surface area contributed by atoms with E-state index in [0.29, 0.717) is 17.2 Å². The van der Waals surface area contributed by atoms with Crippen molar-refractivity contribution in [1.29, 1.82) is 0 Å². The van der Waals surface area contributed by atoms with Gasteiger partial charge in [-0.1, -0.05) is 29.8 Å². The number of halogens is 1. The highest BCUT2D eigenvalue weighted by Gasteiger charge is 2.45. The van der Waals surface area contributed by atoms with E-state index in [9.17, 15) is 10.2 Å². The van der Waals surface area contributed by atoms with Crippen molar-refractivity contribution in [3.63, 3.8) is 0 Å². The van der Waals surface area contributed by atoms with Gasteiger partial charge < -0.3 is 19.7 Å². The second-order valence-electron chi connectivity index (χ2n) is 6.18. The van der Waals surface area contributed by atoms with E-state index in [1.54, 1.807) is 30.3 Å². The van der Waals surface area contributed by atoms with E-state index < -0.39 is 12.4 Å². The maximum Gasteiger partial charge on any atom is 0.155 e. The van der Waals surface area contributed by atoms with Crippen molar-refractivity contribution in [1.82, 2.24) is 4.90 Å². The number of ether oxygens (including phenoxy) is 2. The largest absolute Gasteiger partial charge is 0.491 e. The number of aliphatic hydroxyl groups is 2. The van der Waals surface area contributed by atoms with Crippen molar-refractivity contribution >= 4 is 11.6 Å². The molecule has 23 heavy (non-hydrogen) atoms. The second kappa shape index (κ2) is 7.20. The molecule has 2 fully saturated rings. The summed E-state index contributed by atoms with van der Waals surface area (Å²) in [6, 6.07) is 7.26. The van der Waals surface area contributed by atoms with Crippen molar-refractivity contribution in [2.45, 2.75) is 31.0 Å². The molecule has 6 heteroatoms. The Hall–Kier alpha value is -1.11. The van der Waals surface area contributed by atoms with Gasteiger partial charge in [-0.2, -0.15) is 0 Å². The summed E-state index contributed by atoms with van der Waals surface area (Å²) >= 11 is 5.89. The molecule has 0 aromatic heterocycles. The highest BCUT2D eigenvalue weighted by atomic mass is 35.5. The normalized spacial score (nSPS) is 32.3. The highest BCUT2D eigenvalue weighted by molar-refractivity contribution is 6.30. The summed E-state index contributed by atoms with van der Waals surface area (Å²) in [5.74, 6) is 0.905. The molecule has 2 N–H and O–H groups in total. The van der Waals surface area contributed by atoms with Crippen molar-refractivity contribution in [2.24, 2.45) is 5.92 Å². The lowest BCUT2D eigenvalue weighted by atomic mass is 9.96. The monoisotopic (exact) mass is 339 g/mol. The summed E-state index contributed by atoms with van der Waals surface area (Å²) in [6.07, 6.45) is 3.08. The predicted molar refractivity (Wildman–Crippen MR) is 87.5 cm³/mol. The lowest BCUT2D eigenvalue weighted by molar-refractivity contribution is -0.0913. The minimum Gasteiger partial charge on any atom is -0.491 e. The Morgan fingerprint density at radius 2 is 2.35 bits per heavy atom. The van der Waals surface area contributed by atoms with Crippen LogP contribution in [0.2, 0.25) is 5.02 Å². The Morgan fingerprint density at radius 1 is 1.52 bits per heavy atom. The maximum atomic E-state index is 10.1. The van der Waals surface area contributed by atoms with Gasteiger partial charge in [-0.15, -0.1) is 0 Å². The van der Waals surface area contributed by atoms with Gasteiger partial charge in [-0.3, -0.25) is 4.90 Å². The van der Waals surface area contributed by atoms with Crippen LogP contribution in [0.15, 0.2) is 36.4 Å². The van der Waals surface area contributed by atoms with Gasteiger partial charge in [0.25, 0.3) is 0 Å². The standard InChI is InChI=1S/C17H22ClNO4/c1-19-9-16-14(8-17(21)23-16)15(19)6-5-12(20)10-22-13-4-2-3-11(18)7-13/h2-7,12,14-17,20-21H,8-10H2,1H3/b6-5+. The number of nitrogens with zero attached hydrogens (tertiary/aromatic N) is 1. The van der Waals surface area contributed by atoms with E-state index in [0.717, 1.165) is 6.54 Å². The zero-order chi connectivity index (χ0) is 16.4. The molecule has 2 heterocycles. The van der Waals surface area contributed by atoms with E-state index in [1.807, 2.05) is 13.1 Å². The molecule has 5 atom stereocenters. The first-order chi connectivity index (χ1) is 11.0. The molecule has 1 aromatic carbocycles. The number of fused-ring (bicyclic) bond motifs is 1. The average molecular weight is 340 g/mol. The quantitative estimate of drug-likeness (QED) is 0.799. The molecule has 0 radical (unpaired) electrons. The number of likely N-dealkylation sites (N-methyl/N-ethyl adjacent to an activating group) is 1. The summed E-state index contributed by atoms with van der Waals surface area (Å²) in [5.41, 5.74) is 0. The minimum absolute atomic E-state index is 0.0736. The maximum absolute atomic E-state index is 10.1. The van der Waals surface area contributed by atoms with Gasteiger partial charge in [0.1, 0.15) is 18.5 Å². The van der Waals surface area contributed by atoms with Crippen LogP contribution in [0.5, 0.6) is 5.75 Å². The molecule has 0 bridgehead atoms. The van der Waals surface area contributed by atoms with Gasteiger partial charge in [0.05, 0.1) is 6.10 Å². The molecule has 0 saturated carbocycles. The SMILES string of the molecule is CN1CC2OC(O)CC2C1/C=C/C(O)COc1cccc(Cl)c1. The molecule has 1 aromatic rings. The van der Waals surface area contributed by atoms with Gasteiger partial charge in [-0.25, -0.2) is 0 Å². The molecule has 126 valence electrons. The number of rotatable bonds is 5. The lowest BCUT2D eigenvalue weighted by Gasteiger charge is -2.20. The van der Waals surface area contributed by atoms with Crippen LogP contribution >= 0.6 is 11.6 Å². The molecule has 2 aliphatic heterocycles. The van der Waals surface area contributed by atoms with Crippen LogP contribution in [0.3, 0.4) is 0 Å². The number of aliphatic hydroxyl groups excluding tert-OH is 2. The molecule has 0 amide bonds. The predicted octanol–water partition coefficient (Wildman–Crippen LogP) is 1.67. The van der Waals surface area contributed by atoms with Gasteiger partial charge in [0.15, 0.2) is 6.29 Å². The van der Waals surface area contributed by atoms with Crippen LogP contribution in [0.1, 0.15) is 6.42 Å². The highest BCUT2D eigenvalue weighted by Crippen LogP contribution is 2.36. The number of benzene rings is 1. The minimum atomic E-state index is -0.700. The van der Waals surface area contributed by atoms with E-state index in [4.69, 9.17) is 21.1 Å². The fraction of sp³-hybridized carbons (Fsp3) is 0.529. The Kier molecular flexibility index (Phi) is 5.24. The first-order valence-electron chi connectivity index (χ1n) is 7.81. The third-order valence-electron chi connectivity index (χ3n) is 4.45. The van der Waals surface area contributed by atoms with Crippen LogP contribution in [-0.2, 0) is 4.74 Å². The third kappa shape index (κ3) is 4.05. The Labute approximate surface area is 141 Å². The Balaban J connectivity index is 1.53. The number of hydrogen-bond donors (Lipinski definition) is 2. The molecule has 0 spiro atoms. The molecule has 0 aliphatic carbocycles. The summed E-state index contributed by atoms with van der Waals surface area (Å²) in [5, 5.41) is 20.3. The summed E-state index contributed by atoms with van der Waals surface area (Å²) in [6.45, 7) is 0.965. The zero-order valence-electron chi connectivity index (χ0n) is 13.0. The van der Waals surface area contributed by atoms with Crippen molar-refractivity contribution in [2.75, 3.05) is 20.2 Å². The summed E-state index contributed by atoms with van der Waals surface area (Å²) < 4.78 is 11.0. The van der Waals surface area contributed by atoms with Crippen LogP contribution in [0.25, 0.3) is 0 Å². The first-order valence-corrected chi connectivity index (χ1v) is 8.19. The van der Waals surface area contributed by atoms with E-state index >= 15 is 0 Å². The fourth-order valence-corrected chi connectivity index (χ4v) is 3.52. The molecular formula is C17H22ClNO4. The smallest absolute Gasteiger partial charge is 0.155 e. The molecule has 5 unspecified atom stereocenters. The Morgan fingerprint density at radius 3 is 3.13 bits per heavy atom. The van der Waals surface area contributed by atoms with Crippen molar-refractivity contribution in [3.05, 3.63) is 41.4 Å². The number of hydrogen-bond acceptors (Lipinski definition) is 5. The average Bonchev–Trinajstić information content (AvgIpc) is 2.98. The van der Waals surface area contributed by atoms with E-state index in [2.05, 4.69) is 4.90 Å². The zero-order valence-corrected chi connectivity index (χ0v) is 13.8. The third-order valence-corrected chi connectivity index (χ3v) is 4.68. The summed E-state index contributed by atoms with van der Waals surface area (Å²) in [4.78, 5) is 2.18. The van der Waals surface area contributed by atoms with Crippen LogP contribution < -0.4 is 4.74 Å². The van der Waals surface area contributed by atoms with Gasteiger partial charge >= 0.3 is 0 Å². The Bertz CT molecular complexity index is 567. The van der Waals surface area contributed by atoms with Gasteiger partial charge in [-0.05, 0) is 25.2 Å². The fourth-order valence-electron chi connectivity index (χ4n) is 3.34. The summed E-state index contributed by atoms with van der Waals surface area (Å²) in [7, 11) is 2.03. The molecule has 5 nitrogen and oxygen atoms in total. The lowest BCUT2D eigenvalue weighted by Crippen LogP contribution is -2.29. The van der Waals surface area contributed by atoms with Gasteiger partial charge in [0, 0.05) is 29.9 Å². The number of likely N-dealkylation sites (tertiary alicyclic amines) is 1. The van der Waals surface area contributed by atoms with Crippen LogP contribution in [-0.4, -0.2) is 59.9 Å².